The van der Waals surface area contributed by atoms with E-state index in [2.05, 4.69) is 10.2 Å². The largest absolute Gasteiger partial charge is 0.476 e. The number of benzene rings is 1. The molecule has 1 aliphatic heterocycles. The number of likely N-dealkylation sites (N-methyl/N-ethyl adjacent to an activating group) is 1. The Kier molecular flexibility index (Phi) is 6.36. The van der Waals surface area contributed by atoms with Crippen molar-refractivity contribution in [2.24, 2.45) is 5.73 Å². The molecule has 0 aliphatic carbocycles. The fraction of sp³-hybridized carbons (Fsp3) is 0.400. The molecule has 144 valence electrons. The lowest BCUT2D eigenvalue weighted by molar-refractivity contribution is -0.121. The SMILES string of the molecule is CN(C)CCOc1cccc([C@@H](c2ccccc2)C2(C(N)=O)NCCS2)n1. The predicted octanol–water partition coefficient (Wildman–Crippen LogP) is 1.67. The Morgan fingerprint density at radius 2 is 2.07 bits per heavy atom. The Balaban J connectivity index is 1.98. The van der Waals surface area contributed by atoms with Gasteiger partial charge >= 0.3 is 0 Å². The molecule has 1 aromatic heterocycles. The summed E-state index contributed by atoms with van der Waals surface area (Å²) in [5, 5.41) is 3.35. The first kappa shape index (κ1) is 19.7. The molecule has 1 amide bonds. The molecule has 3 rings (SSSR count). The second-order valence-electron chi connectivity index (χ2n) is 6.77. The molecule has 1 fully saturated rings. The third-order valence-electron chi connectivity index (χ3n) is 4.55. The molecule has 6 nitrogen and oxygen atoms in total. The molecule has 0 radical (unpaired) electrons. The monoisotopic (exact) mass is 386 g/mol. The smallest absolute Gasteiger partial charge is 0.249 e. The Labute approximate surface area is 164 Å². The summed E-state index contributed by atoms with van der Waals surface area (Å²) in [6, 6.07) is 15.6. The number of pyridine rings is 1. The van der Waals surface area contributed by atoms with Gasteiger partial charge in [-0.3, -0.25) is 10.1 Å². The molecule has 1 unspecified atom stereocenters. The van der Waals surface area contributed by atoms with Gasteiger partial charge in [0.25, 0.3) is 0 Å². The van der Waals surface area contributed by atoms with E-state index < -0.39 is 4.87 Å². The van der Waals surface area contributed by atoms with Crippen LogP contribution in [-0.2, 0) is 4.79 Å². The lowest BCUT2D eigenvalue weighted by Crippen LogP contribution is -2.54. The molecule has 0 saturated carbocycles. The molecule has 0 bridgehead atoms. The van der Waals surface area contributed by atoms with Gasteiger partial charge in [0.2, 0.25) is 11.8 Å². The second-order valence-corrected chi connectivity index (χ2v) is 8.11. The quantitative estimate of drug-likeness (QED) is 0.718. The minimum Gasteiger partial charge on any atom is -0.476 e. The highest BCUT2D eigenvalue weighted by Crippen LogP contribution is 2.44. The van der Waals surface area contributed by atoms with E-state index >= 15 is 0 Å². The van der Waals surface area contributed by atoms with Gasteiger partial charge in [-0.1, -0.05) is 36.4 Å². The molecule has 2 aromatic rings. The lowest BCUT2D eigenvalue weighted by atomic mass is 9.87. The maximum absolute atomic E-state index is 12.5. The van der Waals surface area contributed by atoms with Gasteiger partial charge in [0.05, 0.1) is 11.6 Å². The second kappa shape index (κ2) is 8.73. The van der Waals surface area contributed by atoms with E-state index in [0.29, 0.717) is 12.5 Å². The number of amides is 1. The summed E-state index contributed by atoms with van der Waals surface area (Å²) in [5.74, 6) is 0.698. The van der Waals surface area contributed by atoms with E-state index in [1.807, 2.05) is 62.6 Å². The first-order valence-electron chi connectivity index (χ1n) is 9.01. The average molecular weight is 387 g/mol. The van der Waals surface area contributed by atoms with E-state index in [-0.39, 0.29) is 11.8 Å². The molecular formula is C20H26N4O2S. The van der Waals surface area contributed by atoms with Crippen molar-refractivity contribution in [2.75, 3.05) is 39.5 Å². The van der Waals surface area contributed by atoms with Crippen LogP contribution >= 0.6 is 11.8 Å². The summed E-state index contributed by atoms with van der Waals surface area (Å²) in [5.41, 5.74) is 7.64. The minimum absolute atomic E-state index is 0.305. The number of ether oxygens (including phenoxy) is 1. The molecule has 7 heteroatoms. The summed E-state index contributed by atoms with van der Waals surface area (Å²) in [7, 11) is 4.00. The first-order valence-corrected chi connectivity index (χ1v) is 10.00. The van der Waals surface area contributed by atoms with Crippen molar-refractivity contribution in [2.45, 2.75) is 10.8 Å². The topological polar surface area (TPSA) is 80.5 Å². The highest BCUT2D eigenvalue weighted by Gasteiger charge is 2.49. The van der Waals surface area contributed by atoms with Crippen LogP contribution in [0.25, 0.3) is 0 Å². The van der Waals surface area contributed by atoms with Crippen molar-refractivity contribution >= 4 is 17.7 Å². The summed E-state index contributed by atoms with van der Waals surface area (Å²) >= 11 is 1.55. The Morgan fingerprint density at radius 1 is 1.30 bits per heavy atom. The first-order chi connectivity index (χ1) is 13.0. The van der Waals surface area contributed by atoms with E-state index in [1.165, 1.54) is 0 Å². The van der Waals surface area contributed by atoms with E-state index in [9.17, 15) is 4.79 Å². The third kappa shape index (κ3) is 4.43. The van der Waals surface area contributed by atoms with E-state index in [0.717, 1.165) is 30.1 Å². The third-order valence-corrected chi connectivity index (χ3v) is 6.00. The van der Waals surface area contributed by atoms with Crippen LogP contribution < -0.4 is 15.8 Å². The molecule has 1 aromatic carbocycles. The van der Waals surface area contributed by atoms with Crippen LogP contribution in [0, 0.1) is 0 Å². The molecular weight excluding hydrogens is 360 g/mol. The molecule has 2 heterocycles. The number of aromatic nitrogens is 1. The number of carbonyl (C=O) groups is 1. The van der Waals surface area contributed by atoms with Crippen molar-refractivity contribution in [3.8, 4) is 5.88 Å². The Bertz CT molecular complexity index is 764. The highest BCUT2D eigenvalue weighted by molar-refractivity contribution is 8.01. The van der Waals surface area contributed by atoms with Crippen LogP contribution in [0.3, 0.4) is 0 Å². The van der Waals surface area contributed by atoms with Crippen molar-refractivity contribution in [3.63, 3.8) is 0 Å². The van der Waals surface area contributed by atoms with Gasteiger partial charge in [-0.05, 0) is 25.7 Å². The van der Waals surface area contributed by atoms with Gasteiger partial charge in [0.1, 0.15) is 6.61 Å². The zero-order valence-electron chi connectivity index (χ0n) is 15.7. The number of thioether (sulfide) groups is 1. The van der Waals surface area contributed by atoms with Crippen molar-refractivity contribution in [1.82, 2.24) is 15.2 Å². The fourth-order valence-electron chi connectivity index (χ4n) is 3.25. The molecule has 2 atom stereocenters. The molecule has 0 spiro atoms. The molecule has 27 heavy (non-hydrogen) atoms. The maximum atomic E-state index is 12.5. The van der Waals surface area contributed by atoms with E-state index in [4.69, 9.17) is 15.5 Å². The number of nitrogens with one attached hydrogen (secondary N) is 1. The highest BCUT2D eigenvalue weighted by atomic mass is 32.2. The number of primary amides is 1. The molecule has 1 saturated heterocycles. The Hall–Kier alpha value is -2.09. The number of carbonyl (C=O) groups excluding carboxylic acids is 1. The van der Waals surface area contributed by atoms with E-state index in [1.54, 1.807) is 11.8 Å². The van der Waals surface area contributed by atoms with Crippen molar-refractivity contribution < 1.29 is 9.53 Å². The van der Waals surface area contributed by atoms with Crippen LogP contribution in [0.5, 0.6) is 5.88 Å². The van der Waals surface area contributed by atoms with Gasteiger partial charge < -0.3 is 15.4 Å². The lowest BCUT2D eigenvalue weighted by Gasteiger charge is -2.34. The fourth-order valence-corrected chi connectivity index (χ4v) is 4.55. The standard InChI is InChI=1S/C20H26N4O2S/c1-24(2)12-13-26-17-10-6-9-16(23-17)18(15-7-4-3-5-8-15)20(19(21)25)22-11-14-27-20/h3-10,18,22H,11-14H2,1-2H3,(H2,21,25)/t18-,20?/m1/s1. The van der Waals surface area contributed by atoms with Gasteiger partial charge in [-0.2, -0.15) is 0 Å². The summed E-state index contributed by atoms with van der Waals surface area (Å²) < 4.78 is 5.80. The number of nitrogens with zero attached hydrogens (tertiary/aromatic N) is 2. The number of hydrogen-bond acceptors (Lipinski definition) is 6. The number of nitrogens with two attached hydrogens (primary N) is 1. The normalized spacial score (nSPS) is 20.6. The van der Waals surface area contributed by atoms with Gasteiger partial charge in [0, 0.05) is 24.9 Å². The molecule has 3 N–H and O–H groups in total. The summed E-state index contributed by atoms with van der Waals surface area (Å²) in [6.45, 7) is 2.08. The van der Waals surface area contributed by atoms with Crippen molar-refractivity contribution in [1.29, 1.82) is 0 Å². The van der Waals surface area contributed by atoms with Gasteiger partial charge in [0.15, 0.2) is 4.87 Å². The maximum Gasteiger partial charge on any atom is 0.249 e. The number of hydrogen-bond donors (Lipinski definition) is 2. The van der Waals surface area contributed by atoms with Crippen LogP contribution in [0.1, 0.15) is 17.2 Å². The zero-order valence-corrected chi connectivity index (χ0v) is 16.5. The number of rotatable bonds is 8. The van der Waals surface area contributed by atoms with Crippen LogP contribution in [0.15, 0.2) is 48.5 Å². The zero-order chi connectivity index (χ0) is 19.3. The van der Waals surface area contributed by atoms with Crippen LogP contribution in [0.4, 0.5) is 0 Å². The minimum atomic E-state index is -0.920. The summed E-state index contributed by atoms with van der Waals surface area (Å²) in [4.78, 5) is 18.4. The van der Waals surface area contributed by atoms with Gasteiger partial charge in [-0.25, -0.2) is 4.98 Å². The average Bonchev–Trinajstić information content (AvgIpc) is 3.14. The van der Waals surface area contributed by atoms with Gasteiger partial charge in [-0.15, -0.1) is 11.8 Å². The predicted molar refractivity (Wildman–Crippen MR) is 109 cm³/mol. The van der Waals surface area contributed by atoms with Crippen LogP contribution in [-0.4, -0.2) is 60.2 Å². The summed E-state index contributed by atoms with van der Waals surface area (Å²) in [6.07, 6.45) is 0. The molecule has 1 aliphatic rings. The van der Waals surface area contributed by atoms with Crippen LogP contribution in [0.2, 0.25) is 0 Å². The van der Waals surface area contributed by atoms with Crippen molar-refractivity contribution in [3.05, 3.63) is 59.8 Å². The Morgan fingerprint density at radius 3 is 2.70 bits per heavy atom.